The van der Waals surface area contributed by atoms with Gasteiger partial charge in [0.05, 0.1) is 0 Å². The molecule has 0 fully saturated rings. The molecule has 0 aliphatic heterocycles. The average Bonchev–Trinajstić information content (AvgIpc) is 1.94. The van der Waals surface area contributed by atoms with Crippen LogP contribution in [0.1, 0.15) is 38.5 Å². The van der Waals surface area contributed by atoms with Crippen molar-refractivity contribution in [2.45, 2.75) is 42.3 Å². The largest absolute Gasteiger partial charge is 0.190 e. The molecule has 0 aromatic heterocycles. The first kappa shape index (κ1) is 12.6. The van der Waals surface area contributed by atoms with Gasteiger partial charge in [0.25, 0.3) is 0 Å². The molecule has 0 radical (unpaired) electrons. The number of hydrogen-bond donors (Lipinski definition) is 0. The minimum atomic E-state index is -1.06. The Hall–Kier alpha value is 0.610. The van der Waals surface area contributed by atoms with Gasteiger partial charge in [-0.2, -0.15) is 0 Å². The molecule has 0 aliphatic rings. The molecule has 0 unspecified atom stereocenters. The Labute approximate surface area is 89.9 Å². The number of alkyl halides is 3. The van der Waals surface area contributed by atoms with Crippen LogP contribution in [0.25, 0.3) is 0 Å². The predicted octanol–water partition coefficient (Wildman–Crippen LogP) is 4.88. The van der Waals surface area contributed by atoms with Gasteiger partial charge >= 0.3 is 0 Å². The molecule has 0 rings (SSSR count). The molecule has 0 heterocycles. The Balaban J connectivity index is 3.06. The quantitative estimate of drug-likeness (QED) is 0.346. The molecule has 0 aliphatic carbocycles. The molecule has 0 amide bonds. The van der Waals surface area contributed by atoms with Crippen molar-refractivity contribution in [1.29, 1.82) is 0 Å². The molecule has 12 heavy (non-hydrogen) atoms. The van der Waals surface area contributed by atoms with E-state index in [1.807, 2.05) is 6.08 Å². The Bertz CT molecular complexity index is 115. The maximum absolute atomic E-state index is 5.59. The molecule has 0 nitrogen and oxygen atoms in total. The van der Waals surface area contributed by atoms with Gasteiger partial charge in [-0.15, -0.1) is 6.58 Å². The number of unbranched alkanes of at least 4 members (excludes halogenated alkanes) is 4. The van der Waals surface area contributed by atoms with Crippen molar-refractivity contribution in [3.8, 4) is 0 Å². The van der Waals surface area contributed by atoms with Crippen molar-refractivity contribution in [3.63, 3.8) is 0 Å². The molecule has 0 aromatic carbocycles. The average molecular weight is 230 g/mol. The van der Waals surface area contributed by atoms with Crippen LogP contribution in [0, 0.1) is 0 Å². The number of hydrogen-bond acceptors (Lipinski definition) is 0. The van der Waals surface area contributed by atoms with E-state index in [1.165, 1.54) is 12.8 Å². The molecule has 0 aromatic rings. The minimum absolute atomic E-state index is 0.658. The van der Waals surface area contributed by atoms with Crippen LogP contribution in [0.15, 0.2) is 12.7 Å². The molecular weight excluding hydrogens is 214 g/mol. The van der Waals surface area contributed by atoms with E-state index < -0.39 is 3.79 Å². The summed E-state index contributed by atoms with van der Waals surface area (Å²) in [5, 5.41) is 0. The van der Waals surface area contributed by atoms with Crippen molar-refractivity contribution >= 4 is 34.8 Å². The summed E-state index contributed by atoms with van der Waals surface area (Å²) >= 11 is 16.8. The standard InChI is InChI=1S/C9H15Cl3/c1-2-3-4-5-6-7-8-9(10,11)12/h2H,1,3-8H2. The number of halogens is 3. The highest BCUT2D eigenvalue weighted by Crippen LogP contribution is 2.32. The second-order valence-electron chi connectivity index (χ2n) is 2.86. The van der Waals surface area contributed by atoms with Crippen molar-refractivity contribution in [1.82, 2.24) is 0 Å². The van der Waals surface area contributed by atoms with Gasteiger partial charge in [-0.05, 0) is 25.7 Å². The third-order valence-electron chi connectivity index (χ3n) is 1.62. The predicted molar refractivity (Wildman–Crippen MR) is 58.2 cm³/mol. The van der Waals surface area contributed by atoms with Crippen molar-refractivity contribution in [2.75, 3.05) is 0 Å². The molecule has 3 heteroatoms. The van der Waals surface area contributed by atoms with Crippen LogP contribution in [0.2, 0.25) is 0 Å². The monoisotopic (exact) mass is 228 g/mol. The first-order valence-electron chi connectivity index (χ1n) is 4.24. The molecule has 0 saturated heterocycles. The fourth-order valence-corrected chi connectivity index (χ4v) is 1.37. The lowest BCUT2D eigenvalue weighted by Crippen LogP contribution is -2.00. The first-order chi connectivity index (χ1) is 5.56. The number of allylic oxidation sites excluding steroid dienone is 1. The van der Waals surface area contributed by atoms with Crippen molar-refractivity contribution in [3.05, 3.63) is 12.7 Å². The van der Waals surface area contributed by atoms with Crippen LogP contribution in [-0.2, 0) is 0 Å². The SMILES string of the molecule is C=CCCCCCCC(Cl)(Cl)Cl. The second-order valence-corrected chi connectivity index (χ2v) is 5.37. The third-order valence-corrected chi connectivity index (χ3v) is 2.19. The van der Waals surface area contributed by atoms with Crippen molar-refractivity contribution < 1.29 is 0 Å². The van der Waals surface area contributed by atoms with Crippen LogP contribution < -0.4 is 0 Å². The Morgan fingerprint density at radius 1 is 1.00 bits per heavy atom. The summed E-state index contributed by atoms with van der Waals surface area (Å²) in [5.74, 6) is 0. The van der Waals surface area contributed by atoms with Gasteiger partial charge < -0.3 is 0 Å². The Morgan fingerprint density at radius 2 is 1.58 bits per heavy atom. The summed E-state index contributed by atoms with van der Waals surface area (Å²) in [5.41, 5.74) is 0. The summed E-state index contributed by atoms with van der Waals surface area (Å²) < 4.78 is -1.06. The van der Waals surface area contributed by atoms with E-state index in [4.69, 9.17) is 34.8 Å². The lowest BCUT2D eigenvalue weighted by molar-refractivity contribution is 0.623. The van der Waals surface area contributed by atoms with Gasteiger partial charge in [-0.3, -0.25) is 0 Å². The van der Waals surface area contributed by atoms with E-state index in [9.17, 15) is 0 Å². The molecule has 72 valence electrons. The Kier molecular flexibility index (Phi) is 7.41. The fourth-order valence-electron chi connectivity index (χ4n) is 0.968. The third kappa shape index (κ3) is 10.6. The molecule has 0 spiro atoms. The highest BCUT2D eigenvalue weighted by molar-refractivity contribution is 6.67. The lowest BCUT2D eigenvalue weighted by atomic mass is 10.1. The molecule has 0 saturated carbocycles. The van der Waals surface area contributed by atoms with Gasteiger partial charge in [0, 0.05) is 0 Å². The Morgan fingerprint density at radius 3 is 2.08 bits per heavy atom. The van der Waals surface area contributed by atoms with Crippen molar-refractivity contribution in [2.24, 2.45) is 0 Å². The smallest absolute Gasteiger partial charge is 0.103 e. The summed E-state index contributed by atoms with van der Waals surface area (Å²) in [6.07, 6.45) is 8.22. The molecule has 0 atom stereocenters. The van der Waals surface area contributed by atoms with Gasteiger partial charge in [-0.25, -0.2) is 0 Å². The van der Waals surface area contributed by atoms with Crippen LogP contribution in [0.3, 0.4) is 0 Å². The van der Waals surface area contributed by atoms with Crippen LogP contribution in [0.5, 0.6) is 0 Å². The molecular formula is C9H15Cl3. The van der Waals surface area contributed by atoms with Gasteiger partial charge in [0.15, 0.2) is 3.79 Å². The summed E-state index contributed by atoms with van der Waals surface area (Å²) in [6.45, 7) is 3.65. The van der Waals surface area contributed by atoms with Gasteiger partial charge in [0.1, 0.15) is 0 Å². The van der Waals surface area contributed by atoms with E-state index in [-0.39, 0.29) is 0 Å². The lowest BCUT2D eigenvalue weighted by Gasteiger charge is -2.09. The topological polar surface area (TPSA) is 0 Å². The summed E-state index contributed by atoms with van der Waals surface area (Å²) in [7, 11) is 0. The van der Waals surface area contributed by atoms with Crippen LogP contribution >= 0.6 is 34.8 Å². The van der Waals surface area contributed by atoms with Crippen LogP contribution in [0.4, 0.5) is 0 Å². The van der Waals surface area contributed by atoms with E-state index in [2.05, 4.69) is 6.58 Å². The van der Waals surface area contributed by atoms with E-state index in [0.717, 1.165) is 19.3 Å². The summed E-state index contributed by atoms with van der Waals surface area (Å²) in [4.78, 5) is 0. The zero-order valence-electron chi connectivity index (χ0n) is 7.16. The van der Waals surface area contributed by atoms with Crippen LogP contribution in [-0.4, -0.2) is 3.79 Å². The normalized spacial score (nSPS) is 11.6. The zero-order valence-corrected chi connectivity index (χ0v) is 9.43. The summed E-state index contributed by atoms with van der Waals surface area (Å²) in [6, 6.07) is 0. The molecule has 0 bridgehead atoms. The minimum Gasteiger partial charge on any atom is -0.103 e. The fraction of sp³-hybridized carbons (Fsp3) is 0.778. The van der Waals surface area contributed by atoms with E-state index in [0.29, 0.717) is 6.42 Å². The second kappa shape index (κ2) is 7.06. The number of rotatable bonds is 6. The highest BCUT2D eigenvalue weighted by atomic mass is 35.6. The maximum atomic E-state index is 5.59. The van der Waals surface area contributed by atoms with Gasteiger partial charge in [0.2, 0.25) is 0 Å². The van der Waals surface area contributed by atoms with E-state index in [1.54, 1.807) is 0 Å². The zero-order chi connectivity index (χ0) is 9.45. The first-order valence-corrected chi connectivity index (χ1v) is 5.37. The molecule has 0 N–H and O–H groups in total. The van der Waals surface area contributed by atoms with Gasteiger partial charge in [-0.1, -0.05) is 53.7 Å². The highest BCUT2D eigenvalue weighted by Gasteiger charge is 2.17. The maximum Gasteiger partial charge on any atom is 0.190 e. The van der Waals surface area contributed by atoms with E-state index >= 15 is 0 Å².